The first-order valence-electron chi connectivity index (χ1n) is 9.10. The van der Waals surface area contributed by atoms with Crippen molar-refractivity contribution in [3.8, 4) is 11.1 Å². The van der Waals surface area contributed by atoms with E-state index in [0.717, 1.165) is 12.1 Å². The fourth-order valence-electron chi connectivity index (χ4n) is 3.46. The number of amides is 2. The molecule has 1 aliphatic carbocycles. The van der Waals surface area contributed by atoms with E-state index in [4.69, 9.17) is 11.6 Å². The highest BCUT2D eigenvalue weighted by molar-refractivity contribution is 6.33. The molecule has 0 bridgehead atoms. The first kappa shape index (κ1) is 18.3. The highest BCUT2D eigenvalue weighted by Crippen LogP contribution is 2.37. The Kier molecular flexibility index (Phi) is 4.88. The summed E-state index contributed by atoms with van der Waals surface area (Å²) >= 11 is 6.04. The van der Waals surface area contributed by atoms with E-state index in [0.29, 0.717) is 10.6 Å². The Labute approximate surface area is 168 Å². The number of rotatable bonds is 4. The molecule has 0 heterocycles. The van der Waals surface area contributed by atoms with E-state index in [9.17, 15) is 9.59 Å². The normalized spacial score (nSPS) is 12.6. The molecule has 28 heavy (non-hydrogen) atoms. The van der Waals surface area contributed by atoms with Gasteiger partial charge >= 0.3 is 0 Å². The summed E-state index contributed by atoms with van der Waals surface area (Å²) < 4.78 is 0. The van der Waals surface area contributed by atoms with Crippen molar-refractivity contribution in [1.82, 2.24) is 5.32 Å². The van der Waals surface area contributed by atoms with Gasteiger partial charge in [0.1, 0.15) is 6.04 Å². The van der Waals surface area contributed by atoms with Crippen LogP contribution in [0.15, 0.2) is 66.7 Å². The summed E-state index contributed by atoms with van der Waals surface area (Å²) in [5, 5.41) is 5.92. The lowest BCUT2D eigenvalue weighted by atomic mass is 10.1. The summed E-state index contributed by atoms with van der Waals surface area (Å²) in [5.74, 6) is -0.659. The maximum Gasteiger partial charge on any atom is 0.253 e. The molecule has 0 aromatic heterocycles. The number of carbonyl (C=O) groups excluding carboxylic acids is 2. The Balaban J connectivity index is 1.43. The predicted molar refractivity (Wildman–Crippen MR) is 112 cm³/mol. The second kappa shape index (κ2) is 7.49. The number of nitrogens with one attached hydrogen (secondary N) is 2. The molecule has 0 radical (unpaired) electrons. The average molecular weight is 391 g/mol. The molecule has 0 saturated heterocycles. The number of hydrogen-bond donors (Lipinski definition) is 2. The van der Waals surface area contributed by atoms with Crippen LogP contribution < -0.4 is 10.6 Å². The molecule has 3 aromatic rings. The lowest BCUT2D eigenvalue weighted by molar-refractivity contribution is -0.117. The molecule has 140 valence electrons. The predicted octanol–water partition coefficient (Wildman–Crippen LogP) is 4.67. The summed E-state index contributed by atoms with van der Waals surface area (Å²) in [6.45, 7) is 1.65. The molecule has 2 N–H and O–H groups in total. The van der Waals surface area contributed by atoms with Crippen molar-refractivity contribution >= 4 is 29.1 Å². The first-order valence-corrected chi connectivity index (χ1v) is 9.48. The molecule has 0 aliphatic heterocycles. The molecule has 1 atom stereocenters. The average Bonchev–Trinajstić information content (AvgIpc) is 3.05. The van der Waals surface area contributed by atoms with Gasteiger partial charge in [0.15, 0.2) is 0 Å². The van der Waals surface area contributed by atoms with Gasteiger partial charge in [-0.1, -0.05) is 54.1 Å². The van der Waals surface area contributed by atoms with Crippen LogP contribution in [0.1, 0.15) is 28.4 Å². The Morgan fingerprint density at radius 3 is 2.46 bits per heavy atom. The number of fused-ring (bicyclic) bond motifs is 3. The minimum Gasteiger partial charge on any atom is -0.340 e. The van der Waals surface area contributed by atoms with E-state index in [2.05, 4.69) is 22.8 Å². The molecular formula is C23H19ClN2O2. The SMILES string of the molecule is CC(NC(=O)c1ccccc1Cl)C(=O)Nc1ccc2c(c1)Cc1ccccc1-2. The third-order valence-corrected chi connectivity index (χ3v) is 5.25. The zero-order valence-corrected chi connectivity index (χ0v) is 16.1. The fraction of sp³-hybridized carbons (Fsp3) is 0.130. The van der Waals surface area contributed by atoms with Crippen molar-refractivity contribution in [2.75, 3.05) is 5.32 Å². The van der Waals surface area contributed by atoms with Crippen LogP contribution >= 0.6 is 11.6 Å². The quantitative estimate of drug-likeness (QED) is 0.532. The van der Waals surface area contributed by atoms with Gasteiger partial charge in [-0.25, -0.2) is 0 Å². The summed E-state index contributed by atoms with van der Waals surface area (Å²) in [5.41, 5.74) is 5.99. The van der Waals surface area contributed by atoms with Gasteiger partial charge in [-0.15, -0.1) is 0 Å². The zero-order valence-electron chi connectivity index (χ0n) is 15.3. The maximum atomic E-state index is 12.5. The van der Waals surface area contributed by atoms with Gasteiger partial charge in [0, 0.05) is 5.69 Å². The molecule has 4 nitrogen and oxygen atoms in total. The van der Waals surface area contributed by atoms with Gasteiger partial charge in [-0.3, -0.25) is 9.59 Å². The van der Waals surface area contributed by atoms with E-state index < -0.39 is 6.04 Å². The molecule has 2 amide bonds. The van der Waals surface area contributed by atoms with Gasteiger partial charge < -0.3 is 10.6 Å². The Hall–Kier alpha value is -3.11. The van der Waals surface area contributed by atoms with E-state index in [1.807, 2.05) is 30.3 Å². The second-order valence-corrected chi connectivity index (χ2v) is 7.28. The molecule has 0 fully saturated rings. The number of hydrogen-bond acceptors (Lipinski definition) is 2. The minimum absolute atomic E-state index is 0.282. The van der Waals surface area contributed by atoms with Crippen molar-refractivity contribution in [3.63, 3.8) is 0 Å². The Bertz CT molecular complexity index is 1080. The van der Waals surface area contributed by atoms with Crippen molar-refractivity contribution in [2.24, 2.45) is 0 Å². The van der Waals surface area contributed by atoms with Crippen LogP contribution in [0.5, 0.6) is 0 Å². The monoisotopic (exact) mass is 390 g/mol. The summed E-state index contributed by atoms with van der Waals surface area (Å²) in [6, 6.07) is 20.3. The summed E-state index contributed by atoms with van der Waals surface area (Å²) in [4.78, 5) is 24.9. The lowest BCUT2D eigenvalue weighted by Crippen LogP contribution is -2.41. The summed E-state index contributed by atoms with van der Waals surface area (Å²) in [6.07, 6.45) is 0.855. The van der Waals surface area contributed by atoms with Crippen LogP contribution in [0, 0.1) is 0 Å². The standard InChI is InChI=1S/C23H19ClN2O2/c1-14(25-23(28)20-8-4-5-9-21(20)24)22(27)26-17-10-11-19-16(13-17)12-15-6-2-3-7-18(15)19/h2-11,13-14H,12H2,1H3,(H,25,28)(H,26,27). The number of halogens is 1. The molecular weight excluding hydrogens is 372 g/mol. The number of carbonyl (C=O) groups is 2. The summed E-state index contributed by atoms with van der Waals surface area (Å²) in [7, 11) is 0. The van der Waals surface area contributed by atoms with Crippen LogP contribution in [0.4, 0.5) is 5.69 Å². The van der Waals surface area contributed by atoms with Crippen molar-refractivity contribution in [2.45, 2.75) is 19.4 Å². The first-order chi connectivity index (χ1) is 13.5. The third-order valence-electron chi connectivity index (χ3n) is 4.92. The van der Waals surface area contributed by atoms with Gasteiger partial charge in [-0.05, 0) is 59.9 Å². The van der Waals surface area contributed by atoms with Gasteiger partial charge in [-0.2, -0.15) is 0 Å². The third kappa shape index (κ3) is 3.51. The second-order valence-electron chi connectivity index (χ2n) is 6.87. The number of benzene rings is 3. The molecule has 1 aliphatic rings. The smallest absolute Gasteiger partial charge is 0.253 e. The van der Waals surface area contributed by atoms with Crippen LogP contribution in [0.25, 0.3) is 11.1 Å². The zero-order chi connectivity index (χ0) is 19.7. The Morgan fingerprint density at radius 1 is 0.929 bits per heavy atom. The highest BCUT2D eigenvalue weighted by Gasteiger charge is 2.21. The minimum atomic E-state index is -0.700. The molecule has 5 heteroatoms. The van der Waals surface area contributed by atoms with Crippen LogP contribution in [0.2, 0.25) is 5.02 Å². The fourth-order valence-corrected chi connectivity index (χ4v) is 3.68. The Morgan fingerprint density at radius 2 is 1.64 bits per heavy atom. The van der Waals surface area contributed by atoms with E-state index in [1.165, 1.54) is 22.3 Å². The van der Waals surface area contributed by atoms with Crippen molar-refractivity contribution in [1.29, 1.82) is 0 Å². The largest absolute Gasteiger partial charge is 0.340 e. The maximum absolute atomic E-state index is 12.5. The molecule has 3 aromatic carbocycles. The van der Waals surface area contributed by atoms with Gasteiger partial charge in [0.2, 0.25) is 5.91 Å². The molecule has 0 spiro atoms. The molecule has 4 rings (SSSR count). The van der Waals surface area contributed by atoms with Crippen LogP contribution in [-0.2, 0) is 11.2 Å². The van der Waals surface area contributed by atoms with Gasteiger partial charge in [0.05, 0.1) is 10.6 Å². The lowest BCUT2D eigenvalue weighted by Gasteiger charge is -2.15. The number of anilines is 1. The highest BCUT2D eigenvalue weighted by atomic mass is 35.5. The van der Waals surface area contributed by atoms with Crippen molar-refractivity contribution in [3.05, 3.63) is 88.4 Å². The van der Waals surface area contributed by atoms with Gasteiger partial charge in [0.25, 0.3) is 5.91 Å². The van der Waals surface area contributed by atoms with E-state index in [1.54, 1.807) is 31.2 Å². The molecule has 0 saturated carbocycles. The topological polar surface area (TPSA) is 58.2 Å². The van der Waals surface area contributed by atoms with Crippen LogP contribution in [-0.4, -0.2) is 17.9 Å². The van der Waals surface area contributed by atoms with E-state index >= 15 is 0 Å². The van der Waals surface area contributed by atoms with Crippen LogP contribution in [0.3, 0.4) is 0 Å². The van der Waals surface area contributed by atoms with E-state index in [-0.39, 0.29) is 11.8 Å². The molecule has 1 unspecified atom stereocenters. The van der Waals surface area contributed by atoms with Crippen molar-refractivity contribution < 1.29 is 9.59 Å².